The third kappa shape index (κ3) is 3.05. The summed E-state index contributed by atoms with van der Waals surface area (Å²) >= 11 is 6.06. The van der Waals surface area contributed by atoms with E-state index < -0.39 is 0 Å². The number of aromatic nitrogens is 1. The second kappa shape index (κ2) is 5.82. The standard InChI is InChI=1S/C16H14ClFN2O/c17-14-2-1-3-15(18)13(14)10-20(12-4-5-12)16(21)11-6-8-19-9-7-11/h1-3,6-9,12H,4-5,10H2. The third-order valence-corrected chi connectivity index (χ3v) is 3.92. The molecule has 1 saturated carbocycles. The molecule has 1 aromatic carbocycles. The summed E-state index contributed by atoms with van der Waals surface area (Å²) in [6.07, 6.45) is 5.05. The van der Waals surface area contributed by atoms with Crippen molar-refractivity contribution in [3.63, 3.8) is 0 Å². The van der Waals surface area contributed by atoms with Crippen LogP contribution in [0, 0.1) is 5.82 Å². The van der Waals surface area contributed by atoms with Crippen LogP contribution in [0.2, 0.25) is 5.02 Å². The lowest BCUT2D eigenvalue weighted by Gasteiger charge is -2.23. The fourth-order valence-electron chi connectivity index (χ4n) is 2.27. The van der Waals surface area contributed by atoms with Crippen molar-refractivity contribution in [2.45, 2.75) is 25.4 Å². The molecule has 0 bridgehead atoms. The number of pyridine rings is 1. The molecule has 21 heavy (non-hydrogen) atoms. The van der Waals surface area contributed by atoms with Gasteiger partial charge in [0.2, 0.25) is 0 Å². The largest absolute Gasteiger partial charge is 0.331 e. The van der Waals surface area contributed by atoms with E-state index in [1.54, 1.807) is 41.6 Å². The topological polar surface area (TPSA) is 33.2 Å². The Kier molecular flexibility index (Phi) is 3.88. The molecule has 1 amide bonds. The van der Waals surface area contributed by atoms with Gasteiger partial charge in [-0.2, -0.15) is 0 Å². The Labute approximate surface area is 127 Å². The molecule has 0 atom stereocenters. The Balaban J connectivity index is 1.88. The van der Waals surface area contributed by atoms with Gasteiger partial charge >= 0.3 is 0 Å². The summed E-state index contributed by atoms with van der Waals surface area (Å²) in [7, 11) is 0. The maximum atomic E-state index is 13.9. The highest BCUT2D eigenvalue weighted by atomic mass is 35.5. The maximum Gasteiger partial charge on any atom is 0.254 e. The number of halogens is 2. The van der Waals surface area contributed by atoms with Crippen molar-refractivity contribution >= 4 is 17.5 Å². The van der Waals surface area contributed by atoms with E-state index >= 15 is 0 Å². The molecule has 5 heteroatoms. The Hall–Kier alpha value is -1.94. The number of benzene rings is 1. The average molecular weight is 305 g/mol. The van der Waals surface area contributed by atoms with Gasteiger partial charge in [0.15, 0.2) is 0 Å². The SMILES string of the molecule is O=C(c1ccncc1)N(Cc1c(F)cccc1Cl)C1CC1. The van der Waals surface area contributed by atoms with Crippen molar-refractivity contribution in [1.82, 2.24) is 9.88 Å². The highest BCUT2D eigenvalue weighted by Crippen LogP contribution is 2.31. The number of carbonyl (C=O) groups excluding carboxylic acids is 1. The summed E-state index contributed by atoms with van der Waals surface area (Å²) in [4.78, 5) is 18.2. The van der Waals surface area contributed by atoms with Crippen molar-refractivity contribution in [2.75, 3.05) is 0 Å². The van der Waals surface area contributed by atoms with E-state index in [4.69, 9.17) is 11.6 Å². The van der Waals surface area contributed by atoms with Crippen molar-refractivity contribution in [3.05, 3.63) is 64.7 Å². The fourth-order valence-corrected chi connectivity index (χ4v) is 2.49. The lowest BCUT2D eigenvalue weighted by Crippen LogP contribution is -2.33. The Morgan fingerprint density at radius 3 is 2.62 bits per heavy atom. The van der Waals surface area contributed by atoms with E-state index in [1.807, 2.05) is 0 Å². The lowest BCUT2D eigenvalue weighted by molar-refractivity contribution is 0.0728. The second-order valence-corrected chi connectivity index (χ2v) is 5.51. The molecule has 0 spiro atoms. The number of hydrogen-bond acceptors (Lipinski definition) is 2. The van der Waals surface area contributed by atoms with Crippen LogP contribution in [0.15, 0.2) is 42.7 Å². The van der Waals surface area contributed by atoms with Crippen LogP contribution in [0.3, 0.4) is 0 Å². The molecule has 108 valence electrons. The van der Waals surface area contributed by atoms with Gasteiger partial charge in [0, 0.05) is 34.6 Å². The first-order valence-corrected chi connectivity index (χ1v) is 7.18. The molecule has 1 aliphatic rings. The van der Waals surface area contributed by atoms with Gasteiger partial charge in [-0.3, -0.25) is 9.78 Å². The molecule has 0 radical (unpaired) electrons. The van der Waals surface area contributed by atoms with Crippen LogP contribution < -0.4 is 0 Å². The first-order valence-electron chi connectivity index (χ1n) is 6.80. The molecule has 1 fully saturated rings. The molecule has 0 unspecified atom stereocenters. The highest BCUT2D eigenvalue weighted by Gasteiger charge is 2.33. The van der Waals surface area contributed by atoms with Crippen LogP contribution in [0.25, 0.3) is 0 Å². The van der Waals surface area contributed by atoms with E-state index in [0.717, 1.165) is 12.8 Å². The van der Waals surface area contributed by atoms with Crippen molar-refractivity contribution in [2.24, 2.45) is 0 Å². The molecule has 0 N–H and O–H groups in total. The van der Waals surface area contributed by atoms with Crippen LogP contribution >= 0.6 is 11.6 Å². The molecule has 1 aliphatic carbocycles. The zero-order valence-electron chi connectivity index (χ0n) is 11.3. The molecule has 0 saturated heterocycles. The zero-order chi connectivity index (χ0) is 14.8. The molecular weight excluding hydrogens is 291 g/mol. The third-order valence-electron chi connectivity index (χ3n) is 3.57. The van der Waals surface area contributed by atoms with Crippen molar-refractivity contribution < 1.29 is 9.18 Å². The number of amides is 1. The number of nitrogens with zero attached hydrogens (tertiary/aromatic N) is 2. The summed E-state index contributed by atoms with van der Waals surface area (Å²) in [5, 5.41) is 0.350. The monoisotopic (exact) mass is 304 g/mol. The van der Waals surface area contributed by atoms with Gasteiger partial charge in [0.25, 0.3) is 5.91 Å². The lowest BCUT2D eigenvalue weighted by atomic mass is 10.1. The smallest absolute Gasteiger partial charge is 0.254 e. The van der Waals surface area contributed by atoms with Gasteiger partial charge in [-0.05, 0) is 37.1 Å². The van der Waals surface area contributed by atoms with Crippen LogP contribution in [-0.2, 0) is 6.54 Å². The van der Waals surface area contributed by atoms with E-state index in [1.165, 1.54) is 6.07 Å². The minimum absolute atomic E-state index is 0.112. The fraction of sp³-hybridized carbons (Fsp3) is 0.250. The number of carbonyl (C=O) groups is 1. The minimum atomic E-state index is -0.379. The Morgan fingerprint density at radius 2 is 2.00 bits per heavy atom. The zero-order valence-corrected chi connectivity index (χ0v) is 12.1. The van der Waals surface area contributed by atoms with Gasteiger partial charge in [-0.15, -0.1) is 0 Å². The predicted octanol–water partition coefficient (Wildman–Crippen LogP) is 3.68. The molecule has 0 aliphatic heterocycles. The molecule has 1 heterocycles. The van der Waals surface area contributed by atoms with Crippen LogP contribution in [0.1, 0.15) is 28.8 Å². The van der Waals surface area contributed by atoms with E-state index in [2.05, 4.69) is 4.98 Å². The van der Waals surface area contributed by atoms with Gasteiger partial charge in [0.1, 0.15) is 5.82 Å². The Morgan fingerprint density at radius 1 is 1.29 bits per heavy atom. The van der Waals surface area contributed by atoms with E-state index in [9.17, 15) is 9.18 Å². The molecule has 3 rings (SSSR count). The molecule has 2 aromatic rings. The molecule has 1 aromatic heterocycles. The quantitative estimate of drug-likeness (QED) is 0.863. The first-order chi connectivity index (χ1) is 10.2. The normalized spacial score (nSPS) is 14.0. The summed E-state index contributed by atoms with van der Waals surface area (Å²) in [5.41, 5.74) is 0.929. The Bertz CT molecular complexity index is 638. The van der Waals surface area contributed by atoms with Gasteiger partial charge in [-0.1, -0.05) is 17.7 Å². The maximum absolute atomic E-state index is 13.9. The summed E-state index contributed by atoms with van der Waals surface area (Å²) in [6.45, 7) is 0.192. The van der Waals surface area contributed by atoms with Crippen LogP contribution in [-0.4, -0.2) is 21.8 Å². The number of hydrogen-bond donors (Lipinski definition) is 0. The van der Waals surface area contributed by atoms with Crippen LogP contribution in [0.4, 0.5) is 4.39 Å². The van der Waals surface area contributed by atoms with Crippen molar-refractivity contribution in [3.8, 4) is 0 Å². The van der Waals surface area contributed by atoms with Crippen molar-refractivity contribution in [1.29, 1.82) is 0 Å². The molecule has 3 nitrogen and oxygen atoms in total. The first kappa shape index (κ1) is 14.0. The van der Waals surface area contributed by atoms with E-state index in [0.29, 0.717) is 16.1 Å². The summed E-state index contributed by atoms with van der Waals surface area (Å²) in [6, 6.07) is 8.07. The minimum Gasteiger partial charge on any atom is -0.331 e. The second-order valence-electron chi connectivity index (χ2n) is 5.10. The summed E-state index contributed by atoms with van der Waals surface area (Å²) in [5.74, 6) is -0.491. The van der Waals surface area contributed by atoms with Crippen LogP contribution in [0.5, 0.6) is 0 Å². The predicted molar refractivity (Wildman–Crippen MR) is 78.5 cm³/mol. The van der Waals surface area contributed by atoms with Gasteiger partial charge < -0.3 is 4.90 Å². The highest BCUT2D eigenvalue weighted by molar-refractivity contribution is 6.31. The van der Waals surface area contributed by atoms with E-state index in [-0.39, 0.29) is 24.3 Å². The summed E-state index contributed by atoms with van der Waals surface area (Å²) < 4.78 is 13.9. The number of rotatable bonds is 4. The van der Waals surface area contributed by atoms with Gasteiger partial charge in [0.05, 0.1) is 6.54 Å². The average Bonchev–Trinajstić information content (AvgIpc) is 3.32. The molecular formula is C16H14ClFN2O. The van der Waals surface area contributed by atoms with Gasteiger partial charge in [-0.25, -0.2) is 4.39 Å².